The van der Waals surface area contributed by atoms with Gasteiger partial charge in [-0.3, -0.25) is 14.4 Å². The van der Waals surface area contributed by atoms with E-state index in [0.29, 0.717) is 47.1 Å². The Kier molecular flexibility index (Phi) is 11.8. The van der Waals surface area contributed by atoms with Gasteiger partial charge in [-0.05, 0) is 90.8 Å². The molecule has 286 valence electrons. The number of amides is 2. The Morgan fingerprint density at radius 3 is 2.47 bits per heavy atom. The fourth-order valence-corrected chi connectivity index (χ4v) is 9.19. The minimum absolute atomic E-state index is 0.0367. The number of hydroxylamine groups is 2. The van der Waals surface area contributed by atoms with Gasteiger partial charge < -0.3 is 30.5 Å². The Balaban J connectivity index is 1.25. The molecule has 10 nitrogen and oxygen atoms in total. The van der Waals surface area contributed by atoms with Crippen LogP contribution in [0.2, 0.25) is 5.02 Å². The van der Waals surface area contributed by atoms with Crippen LogP contribution in [0.4, 0.5) is 5.69 Å². The number of hydrogen-bond acceptors (Lipinski definition) is 8. The lowest BCUT2D eigenvalue weighted by Gasteiger charge is -2.62. The highest BCUT2D eigenvalue weighted by atomic mass is 35.5. The Labute approximate surface area is 318 Å². The van der Waals surface area contributed by atoms with Crippen LogP contribution in [0.25, 0.3) is 11.1 Å². The molecule has 1 saturated heterocycles. The molecule has 53 heavy (non-hydrogen) atoms. The van der Waals surface area contributed by atoms with Crippen LogP contribution >= 0.6 is 11.6 Å². The van der Waals surface area contributed by atoms with Crippen molar-refractivity contribution in [1.29, 1.82) is 0 Å². The van der Waals surface area contributed by atoms with Gasteiger partial charge in [-0.15, -0.1) is 0 Å². The molecule has 1 heterocycles. The molecule has 3 aliphatic carbocycles. The highest BCUT2D eigenvalue weighted by Gasteiger charge is 2.57. The number of benzene rings is 3. The third kappa shape index (κ3) is 7.94. The molecule has 0 aromatic heterocycles. The third-order valence-electron chi connectivity index (χ3n) is 12.3. The summed E-state index contributed by atoms with van der Waals surface area (Å²) < 4.78 is 6.05. The van der Waals surface area contributed by atoms with E-state index >= 15 is 0 Å². The Morgan fingerprint density at radius 2 is 1.85 bits per heavy atom. The van der Waals surface area contributed by atoms with Gasteiger partial charge in [0.1, 0.15) is 17.9 Å². The minimum Gasteiger partial charge on any atom is -0.496 e. The summed E-state index contributed by atoms with van der Waals surface area (Å²) in [7, 11) is 5.46. The van der Waals surface area contributed by atoms with Gasteiger partial charge in [0.15, 0.2) is 0 Å². The number of fused-ring (bicyclic) bond motifs is 2. The number of nitrogens with zero attached hydrogens (tertiary/aromatic N) is 2. The Bertz CT molecular complexity index is 1780. The second-order valence-corrected chi connectivity index (χ2v) is 16.5. The zero-order valence-corrected chi connectivity index (χ0v) is 32.7. The van der Waals surface area contributed by atoms with Crippen LogP contribution in [0.1, 0.15) is 62.0 Å². The maximum Gasteiger partial charge on any atom is 0.251 e. The average Bonchev–Trinajstić information content (AvgIpc) is 3.51. The fraction of sp³-hybridized carbons (Fsp3) is 0.524. The van der Waals surface area contributed by atoms with Crippen LogP contribution in [0.5, 0.6) is 5.75 Å². The summed E-state index contributed by atoms with van der Waals surface area (Å²) in [4.78, 5) is 35.9. The first kappa shape index (κ1) is 39.0. The molecule has 7 rings (SSSR count). The molecule has 2 amide bonds. The van der Waals surface area contributed by atoms with Crippen molar-refractivity contribution in [1.82, 2.24) is 15.7 Å². The van der Waals surface area contributed by atoms with E-state index < -0.39 is 24.2 Å². The number of hydrogen-bond donors (Lipinski definition) is 4. The lowest BCUT2D eigenvalue weighted by atomic mass is 9.45. The van der Waals surface area contributed by atoms with Crippen molar-refractivity contribution >= 4 is 29.1 Å². The molecule has 4 fully saturated rings. The van der Waals surface area contributed by atoms with Crippen molar-refractivity contribution in [3.05, 3.63) is 82.4 Å². The maximum atomic E-state index is 14.2. The van der Waals surface area contributed by atoms with Crippen molar-refractivity contribution in [2.45, 2.75) is 77.8 Å². The zero-order chi connectivity index (χ0) is 38.2. The summed E-state index contributed by atoms with van der Waals surface area (Å²) in [6, 6.07) is 18.3. The van der Waals surface area contributed by atoms with Crippen molar-refractivity contribution in [2.75, 3.05) is 39.3 Å². The number of nitrogens with one attached hydrogen (secondary N) is 2. The summed E-state index contributed by atoms with van der Waals surface area (Å²) in [5.41, 5.74) is 5.03. The quantitative estimate of drug-likeness (QED) is 0.175. The molecular weight excluding hydrogens is 692 g/mol. The predicted molar refractivity (Wildman–Crippen MR) is 208 cm³/mol. The van der Waals surface area contributed by atoms with Crippen LogP contribution in [0.3, 0.4) is 0 Å². The first-order chi connectivity index (χ1) is 25.2. The van der Waals surface area contributed by atoms with E-state index in [4.69, 9.17) is 21.2 Å². The standard InChI is InChI=1S/C42H55ClN4O6/c1-24-34-20-30(42(34,3)4)21-35(24)45-41(51)38-37(25(2)49)36(23-48)53-47(38)22-27-9-8-10-33(39(27)52-7)28-17-29(19-32(18-28)46(5)6)40(50)44-16-15-26-11-13-31(43)14-12-26/h8-14,17-19,24-25,30,34-38,48-49H,15-16,20-23H2,1-7H3,(H,44,50)(H,45,51)/t24-,25-,30-,34-,35-,36-,37+,38-/m0/s1. The molecule has 4 aliphatic rings. The first-order valence-electron chi connectivity index (χ1n) is 18.8. The van der Waals surface area contributed by atoms with E-state index in [1.165, 1.54) is 6.42 Å². The molecule has 3 saturated carbocycles. The SMILES string of the molecule is COc1c(CN2O[C@@H](CO)[C@@H]([C@H](C)O)[C@H]2C(=O)N[C@H]2C[C@@H]3C[C@@H]([C@@H]2C)C3(C)C)cccc1-c1cc(C(=O)NCCc2ccc(Cl)cc2)cc(N(C)C)c1. The first-order valence-corrected chi connectivity index (χ1v) is 19.1. The van der Waals surface area contributed by atoms with Gasteiger partial charge in [-0.1, -0.05) is 62.7 Å². The normalized spacial score (nSPS) is 26.7. The summed E-state index contributed by atoms with van der Waals surface area (Å²) >= 11 is 6.03. The van der Waals surface area contributed by atoms with Gasteiger partial charge in [-0.2, -0.15) is 5.06 Å². The molecular formula is C42H55ClN4O6. The van der Waals surface area contributed by atoms with E-state index in [2.05, 4.69) is 31.4 Å². The molecule has 11 heteroatoms. The van der Waals surface area contributed by atoms with Crippen LogP contribution in [-0.4, -0.2) is 85.7 Å². The highest BCUT2D eigenvalue weighted by Crippen LogP contribution is 2.61. The summed E-state index contributed by atoms with van der Waals surface area (Å²) in [6.45, 7) is 8.83. The number of aliphatic hydroxyl groups excluding tert-OH is 2. The molecule has 1 aliphatic heterocycles. The number of ether oxygens (including phenoxy) is 1. The van der Waals surface area contributed by atoms with Crippen molar-refractivity contribution < 1.29 is 29.4 Å². The van der Waals surface area contributed by atoms with E-state index in [0.717, 1.165) is 34.4 Å². The number of halogens is 1. The molecule has 2 bridgehead atoms. The number of carbonyl (C=O) groups excluding carboxylic acids is 2. The summed E-state index contributed by atoms with van der Waals surface area (Å²) in [6.07, 6.45) is 1.14. The fourth-order valence-electron chi connectivity index (χ4n) is 9.06. The van der Waals surface area contributed by atoms with Gasteiger partial charge in [0.2, 0.25) is 5.91 Å². The van der Waals surface area contributed by atoms with E-state index in [1.807, 2.05) is 79.7 Å². The lowest BCUT2D eigenvalue weighted by molar-refractivity contribution is -0.183. The second-order valence-electron chi connectivity index (χ2n) is 16.0. The monoisotopic (exact) mass is 746 g/mol. The average molecular weight is 747 g/mol. The summed E-state index contributed by atoms with van der Waals surface area (Å²) in [5, 5.41) is 29.9. The van der Waals surface area contributed by atoms with Crippen LogP contribution in [0.15, 0.2) is 60.7 Å². The molecule has 0 spiro atoms. The number of rotatable bonds is 13. The van der Waals surface area contributed by atoms with Crippen LogP contribution in [0, 0.1) is 29.1 Å². The van der Waals surface area contributed by atoms with Crippen LogP contribution < -0.4 is 20.3 Å². The van der Waals surface area contributed by atoms with Gasteiger partial charge >= 0.3 is 0 Å². The van der Waals surface area contributed by atoms with Gasteiger partial charge in [0.05, 0.1) is 26.4 Å². The number of carbonyl (C=O) groups is 2. The van der Waals surface area contributed by atoms with Crippen LogP contribution in [-0.2, 0) is 22.6 Å². The number of methoxy groups -OCH3 is 1. The molecule has 0 unspecified atom stereocenters. The smallest absolute Gasteiger partial charge is 0.251 e. The zero-order valence-electron chi connectivity index (χ0n) is 31.9. The summed E-state index contributed by atoms with van der Waals surface area (Å²) in [5.74, 6) is 0.995. The Hall–Kier alpha value is -3.67. The van der Waals surface area contributed by atoms with E-state index in [-0.39, 0.29) is 36.4 Å². The lowest BCUT2D eigenvalue weighted by Crippen LogP contribution is -2.62. The predicted octanol–water partition coefficient (Wildman–Crippen LogP) is 5.71. The highest BCUT2D eigenvalue weighted by molar-refractivity contribution is 6.30. The molecule has 0 radical (unpaired) electrons. The van der Waals surface area contributed by atoms with Gasteiger partial charge in [0.25, 0.3) is 5.91 Å². The largest absolute Gasteiger partial charge is 0.496 e. The topological polar surface area (TPSA) is 124 Å². The molecule has 3 aromatic rings. The number of aliphatic hydroxyl groups is 2. The third-order valence-corrected chi connectivity index (χ3v) is 12.6. The molecule has 8 atom stereocenters. The second kappa shape index (κ2) is 16.0. The van der Waals surface area contributed by atoms with Crippen molar-refractivity contribution in [3.63, 3.8) is 0 Å². The van der Waals surface area contributed by atoms with E-state index in [1.54, 1.807) is 19.1 Å². The Morgan fingerprint density at radius 1 is 1.11 bits per heavy atom. The van der Waals surface area contributed by atoms with Crippen molar-refractivity contribution in [3.8, 4) is 16.9 Å². The number of para-hydroxylation sites is 1. The van der Waals surface area contributed by atoms with Crippen molar-refractivity contribution in [2.24, 2.45) is 29.1 Å². The van der Waals surface area contributed by atoms with Gasteiger partial charge in [0, 0.05) is 60.0 Å². The van der Waals surface area contributed by atoms with Gasteiger partial charge in [-0.25, -0.2) is 0 Å². The minimum atomic E-state index is -0.901. The molecule has 3 aromatic carbocycles. The molecule has 4 N–H and O–H groups in total. The van der Waals surface area contributed by atoms with E-state index in [9.17, 15) is 19.8 Å². The maximum absolute atomic E-state index is 14.2. The number of anilines is 1.